The molecule has 124 valence electrons. The standard InChI is InChI=1S/C16H14N2O6/c1-23-14-8-5-11(16(20)24-2)9-13(14)17-15(19)10-3-6-12(7-4-10)18(21)22/h3-9H,1-2H3,(H,17,19). The molecule has 2 aromatic carbocycles. The van der Waals surface area contributed by atoms with Gasteiger partial charge in [-0.2, -0.15) is 0 Å². The molecular formula is C16H14N2O6. The quantitative estimate of drug-likeness (QED) is 0.513. The van der Waals surface area contributed by atoms with Crippen LogP contribution in [0.1, 0.15) is 20.7 Å². The lowest BCUT2D eigenvalue weighted by Crippen LogP contribution is -2.13. The van der Waals surface area contributed by atoms with Crippen LogP contribution in [-0.2, 0) is 4.74 Å². The highest BCUT2D eigenvalue weighted by Gasteiger charge is 2.14. The Labute approximate surface area is 137 Å². The number of nitrogens with zero attached hydrogens (tertiary/aromatic N) is 1. The number of non-ortho nitro benzene ring substituents is 1. The van der Waals surface area contributed by atoms with E-state index in [4.69, 9.17) is 4.74 Å². The summed E-state index contributed by atoms with van der Waals surface area (Å²) in [6, 6.07) is 9.60. The van der Waals surface area contributed by atoms with Crippen LogP contribution in [0.25, 0.3) is 0 Å². The smallest absolute Gasteiger partial charge is 0.337 e. The molecule has 24 heavy (non-hydrogen) atoms. The van der Waals surface area contributed by atoms with Crippen molar-refractivity contribution in [1.82, 2.24) is 0 Å². The summed E-state index contributed by atoms with van der Waals surface area (Å²) in [4.78, 5) is 33.9. The summed E-state index contributed by atoms with van der Waals surface area (Å²) in [5.41, 5.74) is 0.643. The second kappa shape index (κ2) is 7.23. The molecule has 2 aromatic rings. The van der Waals surface area contributed by atoms with Gasteiger partial charge in [0.2, 0.25) is 0 Å². The molecule has 8 nitrogen and oxygen atoms in total. The average molecular weight is 330 g/mol. The maximum absolute atomic E-state index is 12.3. The first kappa shape index (κ1) is 16.9. The molecule has 0 fully saturated rings. The highest BCUT2D eigenvalue weighted by atomic mass is 16.6. The molecule has 0 aliphatic heterocycles. The number of carbonyl (C=O) groups is 2. The Morgan fingerprint density at radius 3 is 2.21 bits per heavy atom. The van der Waals surface area contributed by atoms with Crippen molar-refractivity contribution in [2.75, 3.05) is 19.5 Å². The molecule has 0 atom stereocenters. The summed E-state index contributed by atoms with van der Waals surface area (Å²) in [7, 11) is 2.68. The van der Waals surface area contributed by atoms with Crippen molar-refractivity contribution in [3.05, 3.63) is 63.7 Å². The molecule has 8 heteroatoms. The van der Waals surface area contributed by atoms with Crippen LogP contribution in [0.4, 0.5) is 11.4 Å². The fourth-order valence-corrected chi connectivity index (χ4v) is 1.98. The van der Waals surface area contributed by atoms with E-state index in [0.29, 0.717) is 5.75 Å². The molecule has 1 N–H and O–H groups in total. The lowest BCUT2D eigenvalue weighted by molar-refractivity contribution is -0.384. The zero-order valence-corrected chi connectivity index (χ0v) is 12.9. The first-order valence-electron chi connectivity index (χ1n) is 6.78. The van der Waals surface area contributed by atoms with Gasteiger partial charge in [-0.3, -0.25) is 14.9 Å². The van der Waals surface area contributed by atoms with Crippen molar-refractivity contribution in [3.8, 4) is 5.75 Å². The SMILES string of the molecule is COC(=O)c1ccc(OC)c(NC(=O)c2ccc([N+](=O)[O-])cc2)c1. The van der Waals surface area contributed by atoms with Crippen molar-refractivity contribution in [2.24, 2.45) is 0 Å². The molecule has 0 aliphatic rings. The van der Waals surface area contributed by atoms with E-state index >= 15 is 0 Å². The van der Waals surface area contributed by atoms with Crippen molar-refractivity contribution >= 4 is 23.3 Å². The predicted octanol–water partition coefficient (Wildman–Crippen LogP) is 2.64. The molecule has 0 saturated carbocycles. The number of nitro groups is 1. The second-order valence-electron chi connectivity index (χ2n) is 4.66. The van der Waals surface area contributed by atoms with E-state index in [1.807, 2.05) is 0 Å². The first-order chi connectivity index (χ1) is 11.5. The normalized spacial score (nSPS) is 9.92. The first-order valence-corrected chi connectivity index (χ1v) is 6.78. The second-order valence-corrected chi connectivity index (χ2v) is 4.66. The van der Waals surface area contributed by atoms with E-state index < -0.39 is 16.8 Å². The van der Waals surface area contributed by atoms with E-state index in [0.717, 1.165) is 0 Å². The number of anilines is 1. The summed E-state index contributed by atoms with van der Waals surface area (Å²) >= 11 is 0. The molecule has 0 radical (unpaired) electrons. The zero-order valence-electron chi connectivity index (χ0n) is 12.9. The van der Waals surface area contributed by atoms with E-state index in [2.05, 4.69) is 10.1 Å². The van der Waals surface area contributed by atoms with Crippen LogP contribution in [0.15, 0.2) is 42.5 Å². The van der Waals surface area contributed by atoms with E-state index in [-0.39, 0.29) is 22.5 Å². The third-order valence-electron chi connectivity index (χ3n) is 3.21. The Balaban J connectivity index is 2.26. The van der Waals surface area contributed by atoms with E-state index in [9.17, 15) is 19.7 Å². The summed E-state index contributed by atoms with van der Waals surface area (Å²) < 4.78 is 9.78. The van der Waals surface area contributed by atoms with Crippen LogP contribution in [0, 0.1) is 10.1 Å². The molecule has 0 unspecified atom stereocenters. The number of carbonyl (C=O) groups excluding carboxylic acids is 2. The highest BCUT2D eigenvalue weighted by Crippen LogP contribution is 2.26. The summed E-state index contributed by atoms with van der Waals surface area (Å²) in [5, 5.41) is 13.2. The molecule has 2 rings (SSSR count). The minimum atomic E-state index is -0.552. The van der Waals surface area contributed by atoms with Crippen molar-refractivity contribution < 1.29 is 24.0 Å². The van der Waals surface area contributed by atoms with Gasteiger partial charge in [0.05, 0.1) is 30.4 Å². The van der Waals surface area contributed by atoms with Crippen LogP contribution < -0.4 is 10.1 Å². The minimum absolute atomic E-state index is 0.114. The largest absolute Gasteiger partial charge is 0.495 e. The van der Waals surface area contributed by atoms with Gasteiger partial charge < -0.3 is 14.8 Å². The maximum atomic E-state index is 12.3. The van der Waals surface area contributed by atoms with Crippen molar-refractivity contribution in [2.45, 2.75) is 0 Å². The van der Waals surface area contributed by atoms with Crippen LogP contribution >= 0.6 is 0 Å². The molecule has 0 bridgehead atoms. The van der Waals surface area contributed by atoms with Crippen molar-refractivity contribution in [3.63, 3.8) is 0 Å². The fourth-order valence-electron chi connectivity index (χ4n) is 1.98. The van der Waals surface area contributed by atoms with Crippen LogP contribution in [0.5, 0.6) is 5.75 Å². The van der Waals surface area contributed by atoms with Gasteiger partial charge in [0, 0.05) is 17.7 Å². The molecule has 0 heterocycles. The third-order valence-corrected chi connectivity index (χ3v) is 3.21. The topological polar surface area (TPSA) is 108 Å². The molecular weight excluding hydrogens is 316 g/mol. The summed E-state index contributed by atoms with van der Waals surface area (Å²) in [5.74, 6) is -0.688. The van der Waals surface area contributed by atoms with Gasteiger partial charge in [-0.15, -0.1) is 0 Å². The molecule has 0 saturated heterocycles. The number of nitrogens with one attached hydrogen (secondary N) is 1. The predicted molar refractivity (Wildman–Crippen MR) is 85.4 cm³/mol. The van der Waals surface area contributed by atoms with Crippen molar-refractivity contribution in [1.29, 1.82) is 0 Å². The Morgan fingerprint density at radius 2 is 1.67 bits per heavy atom. The van der Waals surface area contributed by atoms with Gasteiger partial charge in [-0.25, -0.2) is 4.79 Å². The third kappa shape index (κ3) is 3.67. The number of ether oxygens (including phenoxy) is 2. The van der Waals surface area contributed by atoms with Gasteiger partial charge in [-0.05, 0) is 30.3 Å². The van der Waals surface area contributed by atoms with Crippen LogP contribution in [0.3, 0.4) is 0 Å². The Morgan fingerprint density at radius 1 is 1.04 bits per heavy atom. The van der Waals surface area contributed by atoms with Crippen LogP contribution in [0.2, 0.25) is 0 Å². The lowest BCUT2D eigenvalue weighted by atomic mass is 10.1. The monoisotopic (exact) mass is 330 g/mol. The number of nitro benzene ring substituents is 1. The number of hydrogen-bond donors (Lipinski definition) is 1. The molecule has 1 amide bonds. The summed E-state index contributed by atoms with van der Waals surface area (Å²) in [6.45, 7) is 0. The molecule has 0 aliphatic carbocycles. The molecule has 0 spiro atoms. The Kier molecular flexibility index (Phi) is 5.10. The number of amides is 1. The van der Waals surface area contributed by atoms with Crippen LogP contribution in [-0.4, -0.2) is 31.0 Å². The Bertz CT molecular complexity index is 786. The number of methoxy groups -OCH3 is 2. The number of benzene rings is 2. The average Bonchev–Trinajstić information content (AvgIpc) is 2.60. The maximum Gasteiger partial charge on any atom is 0.337 e. The van der Waals surface area contributed by atoms with Gasteiger partial charge in [0.25, 0.3) is 11.6 Å². The van der Waals surface area contributed by atoms with E-state index in [1.54, 1.807) is 0 Å². The number of rotatable bonds is 5. The van der Waals surface area contributed by atoms with Gasteiger partial charge in [0.15, 0.2) is 0 Å². The molecule has 0 aromatic heterocycles. The van der Waals surface area contributed by atoms with Gasteiger partial charge in [-0.1, -0.05) is 0 Å². The Hall–Kier alpha value is -3.42. The van der Waals surface area contributed by atoms with Gasteiger partial charge in [0.1, 0.15) is 5.75 Å². The van der Waals surface area contributed by atoms with E-state index in [1.165, 1.54) is 56.7 Å². The number of esters is 1. The zero-order chi connectivity index (χ0) is 17.7. The fraction of sp³-hybridized carbons (Fsp3) is 0.125. The van der Waals surface area contributed by atoms with Gasteiger partial charge >= 0.3 is 5.97 Å². The lowest BCUT2D eigenvalue weighted by Gasteiger charge is -2.11. The summed E-state index contributed by atoms with van der Waals surface area (Å²) in [6.07, 6.45) is 0. The highest BCUT2D eigenvalue weighted by molar-refractivity contribution is 6.05. The minimum Gasteiger partial charge on any atom is -0.495 e. The number of hydrogen-bond acceptors (Lipinski definition) is 6.